The maximum atomic E-state index is 14.9. The third-order valence-electron chi connectivity index (χ3n) is 25.4. The lowest BCUT2D eigenvalue weighted by Gasteiger charge is -2.51. The van der Waals surface area contributed by atoms with Crippen molar-refractivity contribution in [3.8, 4) is 0 Å². The van der Waals surface area contributed by atoms with Gasteiger partial charge in [0, 0.05) is 25.7 Å². The second kappa shape index (κ2) is 62.4. The minimum absolute atomic E-state index is 0.0499. The predicted octanol–water partition coefficient (Wildman–Crippen LogP) is 16.3. The first-order chi connectivity index (χ1) is 58.1. The Hall–Kier alpha value is -2.84. The summed E-state index contributed by atoms with van der Waals surface area (Å²) in [6, 6.07) is 0. The number of rotatable bonds is 56. The highest BCUT2D eigenvalue weighted by molar-refractivity contribution is 5.70. The van der Waals surface area contributed by atoms with E-state index in [1.165, 1.54) is 148 Å². The van der Waals surface area contributed by atoms with Gasteiger partial charge in [-0.3, -0.25) is 19.2 Å². The molecule has 6 heterocycles. The SMILES string of the molecule is CCCCCCCCCCCCCCCC(=O)OC[C@H]1O[C@@H](O[C@@H]2[C@@H](O[C@@H]3O[C@@H](C)[C@H](OC(=O)CCCCCCCCCCCCCCC)[C@@H](O)[C@H]3O)[C@H](C)O[C@@H](O[C@@H]3[C@H]4OC(=O)CCCCCCCCC[C@H](CCCCC)O[C@@H]5O[C@H](C)[C@H](O)[C@H](O)[C@H]5O[C@H](O[C@H]3C)[C@@H]4O)[C@@H]2OC(=O)CCCCCCCCCCCCCCC)[C@H](O)[C@@H](O)[C@@H]1O. The molecule has 26 nitrogen and oxygen atoms in total. The Labute approximate surface area is 721 Å². The molecule has 8 N–H and O–H groups in total. The van der Waals surface area contributed by atoms with Gasteiger partial charge in [-0.1, -0.05) is 317 Å². The molecule has 6 rings (SSSR count). The summed E-state index contributed by atoms with van der Waals surface area (Å²) in [5, 5.41) is 95.6. The molecule has 2 bridgehead atoms. The summed E-state index contributed by atoms with van der Waals surface area (Å²) in [7, 11) is 0. The molecule has 6 fully saturated rings. The first-order valence-electron chi connectivity index (χ1n) is 48.9. The van der Waals surface area contributed by atoms with Gasteiger partial charge in [-0.05, 0) is 66.2 Å². The summed E-state index contributed by atoms with van der Waals surface area (Å²) in [4.78, 5) is 56.2. The van der Waals surface area contributed by atoms with E-state index in [4.69, 9.17) is 66.3 Å². The molecular weight excluding hydrogens is 1550 g/mol. The zero-order chi connectivity index (χ0) is 86.8. The van der Waals surface area contributed by atoms with Crippen LogP contribution in [-0.4, -0.2) is 231 Å². The summed E-state index contributed by atoms with van der Waals surface area (Å²) in [5.41, 5.74) is 0. The summed E-state index contributed by atoms with van der Waals surface area (Å²) < 4.78 is 90.5. The highest BCUT2D eigenvalue weighted by atomic mass is 16.8. The minimum Gasteiger partial charge on any atom is -0.463 e. The maximum absolute atomic E-state index is 14.9. The van der Waals surface area contributed by atoms with Crippen LogP contribution in [0.3, 0.4) is 0 Å². The second-order valence-electron chi connectivity index (χ2n) is 36.0. The summed E-state index contributed by atoms with van der Waals surface area (Å²) in [6.07, 6.45) is 12.2. The van der Waals surface area contributed by atoms with Gasteiger partial charge in [-0.25, -0.2) is 0 Å². The zero-order valence-electron chi connectivity index (χ0n) is 75.5. The maximum Gasteiger partial charge on any atom is 0.306 e. The number of fused-ring (bicyclic) bond motifs is 3. The van der Waals surface area contributed by atoms with Crippen LogP contribution in [0, 0.1) is 0 Å². The Bertz CT molecular complexity index is 2630. The van der Waals surface area contributed by atoms with Crippen LogP contribution >= 0.6 is 0 Å². The van der Waals surface area contributed by atoms with Crippen LogP contribution < -0.4 is 0 Å². The Morgan fingerprint density at radius 2 is 0.708 bits per heavy atom. The topological polar surface area (TPSA) is 359 Å². The van der Waals surface area contributed by atoms with Gasteiger partial charge in [0.05, 0.1) is 30.5 Å². The standard InChI is InChI=1S/C94H170O26/c1-9-13-17-20-23-26-29-32-35-38-43-48-54-60-71(95)107-64-70-76(100)77(101)80(104)91(113-70)120-88-85(117-90-81(105)79(103)83(66(6)109-90)114-72(96)61-55-49-44-39-36-33-30-27-24-21-18-14-10-2)68(8)111-94(89(88)116-74(98)63-57-50-45-40-37-34-31-28-25-22-19-15-11-3)118-84-67(7)110-92-82(106)86(84)115-73(97)62-56-51-46-41-42-47-53-59-69(58-52-16-12-4)112-93-87(119-92)78(102)75(99)65(5)108-93/h65-70,75-94,99-106H,9-64H2,1-8H3/t65-,66+,67+,68+,69+,70-,75+,76-,77+,78+,79+,80-,81-,82-,83+,84+,85+,86+,87-,88-,89-,90+,91+,92+,93+,94+/m1/s1. The minimum atomic E-state index is -2.06. The number of ether oxygens (including phenoxy) is 14. The van der Waals surface area contributed by atoms with Crippen LogP contribution in [0.25, 0.3) is 0 Å². The number of hydrogen-bond acceptors (Lipinski definition) is 26. The van der Waals surface area contributed by atoms with Crippen molar-refractivity contribution in [1.29, 1.82) is 0 Å². The molecule has 6 saturated heterocycles. The molecule has 0 radical (unpaired) electrons. The molecule has 0 aromatic heterocycles. The van der Waals surface area contributed by atoms with E-state index in [1.807, 2.05) is 0 Å². The van der Waals surface area contributed by atoms with E-state index in [-0.39, 0.29) is 31.8 Å². The quantitative estimate of drug-likeness (QED) is 0.0159. The zero-order valence-corrected chi connectivity index (χ0v) is 75.5. The van der Waals surface area contributed by atoms with Crippen molar-refractivity contribution in [2.75, 3.05) is 6.61 Å². The van der Waals surface area contributed by atoms with Gasteiger partial charge in [-0.15, -0.1) is 0 Å². The molecule has 6 aliphatic heterocycles. The lowest BCUT2D eigenvalue weighted by molar-refractivity contribution is -0.400. The second-order valence-corrected chi connectivity index (χ2v) is 36.0. The summed E-state index contributed by atoms with van der Waals surface area (Å²) in [5.74, 6) is -2.63. The van der Waals surface area contributed by atoms with Crippen LogP contribution in [-0.2, 0) is 85.5 Å². The number of esters is 4. The Balaban J connectivity index is 1.29. The van der Waals surface area contributed by atoms with Crippen molar-refractivity contribution in [3.63, 3.8) is 0 Å². The average molecular weight is 1720 g/mol. The van der Waals surface area contributed by atoms with Crippen LogP contribution in [0.4, 0.5) is 0 Å². The first-order valence-corrected chi connectivity index (χ1v) is 48.9. The van der Waals surface area contributed by atoms with Gasteiger partial charge in [0.1, 0.15) is 86.0 Å². The van der Waals surface area contributed by atoms with Crippen LogP contribution in [0.15, 0.2) is 0 Å². The van der Waals surface area contributed by atoms with Gasteiger partial charge < -0.3 is 107 Å². The van der Waals surface area contributed by atoms with E-state index in [0.29, 0.717) is 44.9 Å². The molecule has 0 amide bonds. The van der Waals surface area contributed by atoms with Gasteiger partial charge in [0.25, 0.3) is 0 Å². The number of carbonyl (C=O) groups is 4. The van der Waals surface area contributed by atoms with Crippen LogP contribution in [0.5, 0.6) is 0 Å². The molecule has 0 spiro atoms. The molecule has 0 saturated carbocycles. The average Bonchev–Trinajstić information content (AvgIpc) is 0.765. The van der Waals surface area contributed by atoms with Gasteiger partial charge in [0.15, 0.2) is 49.8 Å². The Kier molecular flexibility index (Phi) is 55.1. The van der Waals surface area contributed by atoms with E-state index >= 15 is 0 Å². The third kappa shape index (κ3) is 39.0. The van der Waals surface area contributed by atoms with Crippen molar-refractivity contribution in [1.82, 2.24) is 0 Å². The number of aliphatic hydroxyl groups excluding tert-OH is 8. The van der Waals surface area contributed by atoms with Crippen molar-refractivity contribution in [2.24, 2.45) is 0 Å². The molecule has 26 heteroatoms. The monoisotopic (exact) mass is 1720 g/mol. The first kappa shape index (κ1) is 106. The fraction of sp³-hybridized carbons (Fsp3) is 0.957. The molecule has 6 aliphatic rings. The van der Waals surface area contributed by atoms with Crippen molar-refractivity contribution < 1.29 is 126 Å². The smallest absolute Gasteiger partial charge is 0.306 e. The Morgan fingerprint density at radius 3 is 1.22 bits per heavy atom. The van der Waals surface area contributed by atoms with Gasteiger partial charge in [-0.2, -0.15) is 0 Å². The molecule has 0 aromatic rings. The van der Waals surface area contributed by atoms with Crippen molar-refractivity contribution in [2.45, 2.75) is 568 Å². The lowest BCUT2D eigenvalue weighted by atomic mass is 9.95. The predicted molar refractivity (Wildman–Crippen MR) is 456 cm³/mol. The highest BCUT2D eigenvalue weighted by Crippen LogP contribution is 2.40. The molecule has 26 atom stereocenters. The Morgan fingerprint density at radius 1 is 0.317 bits per heavy atom. The van der Waals surface area contributed by atoms with E-state index in [2.05, 4.69) is 27.7 Å². The largest absolute Gasteiger partial charge is 0.463 e. The molecule has 0 aromatic carbocycles. The number of aliphatic hydroxyl groups is 8. The van der Waals surface area contributed by atoms with Crippen molar-refractivity contribution in [3.05, 3.63) is 0 Å². The van der Waals surface area contributed by atoms with E-state index < -0.39 is 184 Å². The van der Waals surface area contributed by atoms with Crippen LogP contribution in [0.1, 0.15) is 409 Å². The fourth-order valence-electron chi connectivity index (χ4n) is 17.7. The number of hydrogen-bond donors (Lipinski definition) is 8. The molecule has 0 aliphatic carbocycles. The normalized spacial score (nSPS) is 33.1. The van der Waals surface area contributed by atoms with Crippen molar-refractivity contribution >= 4 is 23.9 Å². The van der Waals surface area contributed by atoms with E-state index in [1.54, 1.807) is 20.8 Å². The molecule has 702 valence electrons. The molecule has 120 heavy (non-hydrogen) atoms. The third-order valence-corrected chi connectivity index (χ3v) is 25.4. The lowest BCUT2D eigenvalue weighted by Crippen LogP contribution is -2.68. The number of carbonyl (C=O) groups excluding carboxylic acids is 4. The van der Waals surface area contributed by atoms with E-state index in [0.717, 1.165) is 141 Å². The van der Waals surface area contributed by atoms with Crippen LogP contribution in [0.2, 0.25) is 0 Å². The fourth-order valence-corrected chi connectivity index (χ4v) is 17.7. The highest BCUT2D eigenvalue weighted by Gasteiger charge is 2.59. The molecular formula is C94H170O26. The van der Waals surface area contributed by atoms with Gasteiger partial charge in [0.2, 0.25) is 0 Å². The molecule has 0 unspecified atom stereocenters. The summed E-state index contributed by atoms with van der Waals surface area (Å²) in [6.45, 7) is 14.5. The van der Waals surface area contributed by atoms with E-state index in [9.17, 15) is 60.0 Å². The number of unbranched alkanes of at least 4 members (excludes halogenated alkanes) is 38. The van der Waals surface area contributed by atoms with Gasteiger partial charge >= 0.3 is 23.9 Å². The summed E-state index contributed by atoms with van der Waals surface area (Å²) >= 11 is 0.